The van der Waals surface area contributed by atoms with Gasteiger partial charge < -0.3 is 10.8 Å². The topological polar surface area (TPSA) is 124 Å². The zero-order valence-electron chi connectivity index (χ0n) is 14.4. The summed E-state index contributed by atoms with van der Waals surface area (Å²) in [4.78, 5) is 36.1. The normalized spacial score (nSPS) is 10.4. The zero-order chi connectivity index (χ0) is 20.3. The third-order valence-electron chi connectivity index (χ3n) is 3.91. The van der Waals surface area contributed by atoms with Crippen molar-refractivity contribution in [1.82, 2.24) is 0 Å². The second kappa shape index (κ2) is 7.93. The van der Waals surface area contributed by atoms with Crippen LogP contribution in [0.25, 0.3) is 0 Å². The lowest BCUT2D eigenvalue weighted by Gasteiger charge is -2.08. The molecule has 0 unspecified atom stereocenters. The number of carbonyl (C=O) groups is 2. The van der Waals surface area contributed by atoms with Crippen LogP contribution < -0.4 is 5.73 Å². The van der Waals surface area contributed by atoms with Gasteiger partial charge in [-0.2, -0.15) is 0 Å². The highest BCUT2D eigenvalue weighted by molar-refractivity contribution is 7.99. The van der Waals surface area contributed by atoms with Gasteiger partial charge in [0, 0.05) is 27.8 Å². The van der Waals surface area contributed by atoms with Gasteiger partial charge in [0.15, 0.2) is 5.78 Å². The first-order chi connectivity index (χ1) is 13.4. The molecule has 0 heterocycles. The highest BCUT2D eigenvalue weighted by Crippen LogP contribution is 2.36. The zero-order valence-corrected chi connectivity index (χ0v) is 15.2. The van der Waals surface area contributed by atoms with Crippen LogP contribution in [0.15, 0.2) is 76.5 Å². The summed E-state index contributed by atoms with van der Waals surface area (Å²) in [6.45, 7) is 0. The van der Waals surface area contributed by atoms with Crippen molar-refractivity contribution in [2.75, 3.05) is 5.73 Å². The predicted octanol–water partition coefficient (Wildman–Crippen LogP) is 4.26. The monoisotopic (exact) mass is 394 g/mol. The number of aromatic carboxylic acids is 1. The van der Waals surface area contributed by atoms with E-state index in [4.69, 9.17) is 5.73 Å². The molecule has 3 aromatic carbocycles. The first-order valence-corrected chi connectivity index (χ1v) is 8.87. The van der Waals surface area contributed by atoms with E-state index in [2.05, 4.69) is 0 Å². The molecule has 0 radical (unpaired) electrons. The van der Waals surface area contributed by atoms with Crippen LogP contribution in [0.4, 0.5) is 11.4 Å². The first kappa shape index (κ1) is 19.1. The van der Waals surface area contributed by atoms with Crippen LogP contribution in [0.1, 0.15) is 26.3 Å². The number of carboxylic acid groups (broad SMARTS) is 1. The smallest absolute Gasteiger partial charge is 0.336 e. The van der Waals surface area contributed by atoms with Crippen LogP contribution in [0.5, 0.6) is 0 Å². The van der Waals surface area contributed by atoms with Gasteiger partial charge in [-0.15, -0.1) is 0 Å². The number of benzene rings is 3. The van der Waals surface area contributed by atoms with Gasteiger partial charge in [0.05, 0.1) is 15.4 Å². The van der Waals surface area contributed by atoms with Crippen molar-refractivity contribution < 1.29 is 19.6 Å². The van der Waals surface area contributed by atoms with Gasteiger partial charge in [-0.3, -0.25) is 14.9 Å². The third kappa shape index (κ3) is 4.02. The highest BCUT2D eigenvalue weighted by atomic mass is 32.2. The van der Waals surface area contributed by atoms with Crippen molar-refractivity contribution in [3.63, 3.8) is 0 Å². The van der Waals surface area contributed by atoms with E-state index in [0.717, 1.165) is 22.7 Å². The number of carbonyl (C=O) groups excluding carboxylic acids is 1. The Morgan fingerprint density at radius 1 is 0.964 bits per heavy atom. The Labute approximate surface area is 164 Å². The Balaban J connectivity index is 2.01. The van der Waals surface area contributed by atoms with Gasteiger partial charge in [0.1, 0.15) is 0 Å². The van der Waals surface area contributed by atoms with Crippen molar-refractivity contribution in [3.05, 3.63) is 93.5 Å². The van der Waals surface area contributed by atoms with Crippen molar-refractivity contribution in [3.8, 4) is 0 Å². The molecule has 0 aliphatic heterocycles. The average molecular weight is 394 g/mol. The number of rotatable bonds is 6. The maximum absolute atomic E-state index is 12.8. The Morgan fingerprint density at radius 3 is 2.32 bits per heavy atom. The van der Waals surface area contributed by atoms with Gasteiger partial charge in [0.25, 0.3) is 5.69 Å². The molecule has 28 heavy (non-hydrogen) atoms. The van der Waals surface area contributed by atoms with Gasteiger partial charge >= 0.3 is 5.97 Å². The molecule has 0 saturated carbocycles. The fourth-order valence-electron chi connectivity index (χ4n) is 2.62. The average Bonchev–Trinajstić information content (AvgIpc) is 2.67. The standard InChI is InChI=1S/C20H14N2O5S/c21-13-4-3-5-14(11-13)28-18-9-8-12(10-17(18)22(26)27)19(23)15-6-1-2-7-16(15)20(24)25/h1-11H,21H2,(H,24,25). The molecule has 0 bridgehead atoms. The van der Waals surface area contributed by atoms with Crippen molar-refractivity contribution in [2.45, 2.75) is 9.79 Å². The second-order valence-corrected chi connectivity index (χ2v) is 6.91. The fourth-order valence-corrected chi connectivity index (χ4v) is 3.59. The van der Waals surface area contributed by atoms with Crippen molar-refractivity contribution in [2.24, 2.45) is 0 Å². The molecule has 0 aromatic heterocycles. The van der Waals surface area contributed by atoms with Crippen LogP contribution >= 0.6 is 11.8 Å². The summed E-state index contributed by atoms with van der Waals surface area (Å²) >= 11 is 1.15. The number of hydrogen-bond acceptors (Lipinski definition) is 6. The summed E-state index contributed by atoms with van der Waals surface area (Å²) in [6.07, 6.45) is 0. The molecule has 0 aliphatic rings. The number of nitrogens with two attached hydrogens (primary N) is 1. The molecule has 8 heteroatoms. The molecule has 3 rings (SSSR count). The van der Waals surface area contributed by atoms with E-state index in [-0.39, 0.29) is 22.4 Å². The summed E-state index contributed by atoms with van der Waals surface area (Å²) in [5.41, 5.74) is 5.88. The maximum Gasteiger partial charge on any atom is 0.336 e. The van der Waals surface area contributed by atoms with E-state index in [9.17, 15) is 24.8 Å². The third-order valence-corrected chi connectivity index (χ3v) is 4.96. The second-order valence-electron chi connectivity index (χ2n) is 5.79. The Hall–Kier alpha value is -3.65. The van der Waals surface area contributed by atoms with Crippen LogP contribution in [0.3, 0.4) is 0 Å². The lowest BCUT2D eigenvalue weighted by Crippen LogP contribution is -2.10. The number of carboxylic acids is 1. The molecule has 0 saturated heterocycles. The van der Waals surface area contributed by atoms with Gasteiger partial charge in [0.2, 0.25) is 0 Å². The Morgan fingerprint density at radius 2 is 1.68 bits per heavy atom. The van der Waals surface area contributed by atoms with Gasteiger partial charge in [-0.1, -0.05) is 36.0 Å². The molecule has 3 aromatic rings. The molecule has 0 fully saturated rings. The summed E-state index contributed by atoms with van der Waals surface area (Å²) in [7, 11) is 0. The predicted molar refractivity (Wildman–Crippen MR) is 105 cm³/mol. The van der Waals surface area contributed by atoms with Crippen molar-refractivity contribution in [1.29, 1.82) is 0 Å². The molecule has 140 valence electrons. The minimum atomic E-state index is -1.24. The molecular formula is C20H14N2O5S. The SMILES string of the molecule is Nc1cccc(Sc2ccc(C(=O)c3ccccc3C(=O)O)cc2[N+](=O)[O-])c1. The summed E-state index contributed by atoms with van der Waals surface area (Å²) in [5.74, 6) is -1.84. The van der Waals surface area contributed by atoms with E-state index in [0.29, 0.717) is 10.6 Å². The van der Waals surface area contributed by atoms with E-state index < -0.39 is 16.7 Å². The fraction of sp³-hybridized carbons (Fsp3) is 0. The minimum absolute atomic E-state index is 0.0273. The van der Waals surface area contributed by atoms with Crippen LogP contribution in [-0.2, 0) is 0 Å². The number of nitrogens with zero attached hydrogens (tertiary/aromatic N) is 1. The largest absolute Gasteiger partial charge is 0.478 e. The number of anilines is 1. The summed E-state index contributed by atoms with van der Waals surface area (Å²) < 4.78 is 0. The molecule has 0 atom stereocenters. The molecule has 7 nitrogen and oxygen atoms in total. The molecule has 0 spiro atoms. The Bertz CT molecular complexity index is 1100. The molecule has 3 N–H and O–H groups in total. The van der Waals surface area contributed by atoms with Crippen LogP contribution in [0, 0.1) is 10.1 Å². The van der Waals surface area contributed by atoms with Gasteiger partial charge in [-0.25, -0.2) is 4.79 Å². The van der Waals surface area contributed by atoms with Crippen molar-refractivity contribution >= 4 is 34.9 Å². The number of hydrogen-bond donors (Lipinski definition) is 2. The maximum atomic E-state index is 12.8. The van der Waals surface area contributed by atoms with E-state index >= 15 is 0 Å². The number of nitro benzene ring substituents is 1. The van der Waals surface area contributed by atoms with Crippen LogP contribution in [0.2, 0.25) is 0 Å². The van der Waals surface area contributed by atoms with Gasteiger partial charge in [-0.05, 0) is 36.4 Å². The Kier molecular flexibility index (Phi) is 5.42. The van der Waals surface area contributed by atoms with E-state index in [1.165, 1.54) is 36.4 Å². The number of ketones is 1. The molecular weight excluding hydrogens is 380 g/mol. The quantitative estimate of drug-likeness (QED) is 0.277. The highest BCUT2D eigenvalue weighted by Gasteiger charge is 2.22. The number of nitro groups is 1. The van der Waals surface area contributed by atoms with E-state index in [1.54, 1.807) is 24.3 Å². The molecule has 0 aliphatic carbocycles. The first-order valence-electron chi connectivity index (χ1n) is 8.05. The summed E-state index contributed by atoms with van der Waals surface area (Å²) in [6, 6.07) is 16.7. The lowest BCUT2D eigenvalue weighted by molar-refractivity contribution is -0.387. The van der Waals surface area contributed by atoms with E-state index in [1.807, 2.05) is 0 Å². The lowest BCUT2D eigenvalue weighted by atomic mass is 9.98. The summed E-state index contributed by atoms with van der Waals surface area (Å²) in [5, 5.41) is 20.8. The molecule has 0 amide bonds. The van der Waals surface area contributed by atoms with Crippen LogP contribution in [-0.4, -0.2) is 21.8 Å². The number of nitrogen functional groups attached to an aromatic ring is 1. The minimum Gasteiger partial charge on any atom is -0.478 e.